The first-order valence-electron chi connectivity index (χ1n) is 5.82. The Balaban J connectivity index is 1.96. The molecule has 1 aromatic carbocycles. The highest BCUT2D eigenvalue weighted by Crippen LogP contribution is 2.36. The third-order valence-electron chi connectivity index (χ3n) is 3.21. The van der Waals surface area contributed by atoms with Crippen LogP contribution >= 0.6 is 15.9 Å². The monoisotopic (exact) mass is 299 g/mol. The van der Waals surface area contributed by atoms with Gasteiger partial charge < -0.3 is 5.32 Å². The van der Waals surface area contributed by atoms with Gasteiger partial charge in [0.05, 0.1) is 10.0 Å². The Bertz CT molecular complexity index is 431. The number of hydrogen-bond donors (Lipinski definition) is 1. The van der Waals surface area contributed by atoms with Gasteiger partial charge in [-0.2, -0.15) is 0 Å². The summed E-state index contributed by atoms with van der Waals surface area (Å²) in [4.78, 5) is 11.8. The molecule has 0 aliphatic heterocycles. The summed E-state index contributed by atoms with van der Waals surface area (Å²) >= 11 is 3.07. The van der Waals surface area contributed by atoms with Gasteiger partial charge in [0.2, 0.25) is 0 Å². The molecule has 0 radical (unpaired) electrons. The molecule has 0 bridgehead atoms. The molecule has 1 amide bonds. The predicted octanol–water partition coefficient (Wildman–Crippen LogP) is 3.36. The lowest BCUT2D eigenvalue weighted by Gasteiger charge is -2.12. The van der Waals surface area contributed by atoms with Gasteiger partial charge in [-0.05, 0) is 52.7 Å². The van der Waals surface area contributed by atoms with Crippen molar-refractivity contribution in [1.29, 1.82) is 0 Å². The van der Waals surface area contributed by atoms with E-state index in [1.54, 1.807) is 12.1 Å². The van der Waals surface area contributed by atoms with Crippen LogP contribution in [0.5, 0.6) is 0 Å². The van der Waals surface area contributed by atoms with Crippen molar-refractivity contribution in [2.45, 2.75) is 19.8 Å². The van der Waals surface area contributed by atoms with Gasteiger partial charge >= 0.3 is 0 Å². The molecule has 2 rings (SSSR count). The zero-order valence-corrected chi connectivity index (χ0v) is 11.3. The lowest BCUT2D eigenvalue weighted by atomic mass is 10.1. The fourth-order valence-corrected chi connectivity index (χ4v) is 2.23. The largest absolute Gasteiger partial charge is 0.352 e. The molecule has 1 N–H and O–H groups in total. The van der Waals surface area contributed by atoms with E-state index in [1.165, 1.54) is 18.9 Å². The lowest BCUT2D eigenvalue weighted by Crippen LogP contribution is -2.29. The molecule has 0 heterocycles. The quantitative estimate of drug-likeness (QED) is 0.907. The van der Waals surface area contributed by atoms with E-state index in [1.807, 2.05) is 0 Å². The second-order valence-corrected chi connectivity index (χ2v) is 5.48. The van der Waals surface area contributed by atoms with Gasteiger partial charge in [-0.3, -0.25) is 4.79 Å². The van der Waals surface area contributed by atoms with Crippen molar-refractivity contribution in [2.75, 3.05) is 6.54 Å². The first-order chi connectivity index (χ1) is 8.09. The van der Waals surface area contributed by atoms with Crippen molar-refractivity contribution in [3.05, 3.63) is 34.1 Å². The van der Waals surface area contributed by atoms with Crippen molar-refractivity contribution in [3.8, 4) is 0 Å². The van der Waals surface area contributed by atoms with Crippen LogP contribution in [0.15, 0.2) is 22.7 Å². The maximum Gasteiger partial charge on any atom is 0.254 e. The topological polar surface area (TPSA) is 29.1 Å². The van der Waals surface area contributed by atoms with Crippen molar-refractivity contribution in [2.24, 2.45) is 11.8 Å². The second-order valence-electron chi connectivity index (χ2n) is 4.63. The Morgan fingerprint density at radius 3 is 2.94 bits per heavy atom. The minimum absolute atomic E-state index is 0.0994. The summed E-state index contributed by atoms with van der Waals surface area (Å²) in [5.74, 6) is 0.386. The Kier molecular flexibility index (Phi) is 3.82. The van der Waals surface area contributed by atoms with E-state index >= 15 is 0 Å². The van der Waals surface area contributed by atoms with Gasteiger partial charge in [-0.15, -0.1) is 0 Å². The van der Waals surface area contributed by atoms with Crippen molar-refractivity contribution < 1.29 is 9.18 Å². The third-order valence-corrected chi connectivity index (χ3v) is 3.82. The molecule has 92 valence electrons. The molecular weight excluding hydrogens is 285 g/mol. The minimum atomic E-state index is -0.496. The van der Waals surface area contributed by atoms with E-state index in [4.69, 9.17) is 0 Å². The maximum atomic E-state index is 13.6. The van der Waals surface area contributed by atoms with Crippen molar-refractivity contribution in [1.82, 2.24) is 5.32 Å². The number of carbonyl (C=O) groups is 1. The van der Waals surface area contributed by atoms with E-state index in [0.29, 0.717) is 16.9 Å². The maximum absolute atomic E-state index is 13.6. The first kappa shape index (κ1) is 12.6. The summed E-state index contributed by atoms with van der Waals surface area (Å²) in [7, 11) is 0. The van der Waals surface area contributed by atoms with Gasteiger partial charge in [-0.25, -0.2) is 4.39 Å². The normalized spacial score (nSPS) is 16.6. The highest BCUT2D eigenvalue weighted by atomic mass is 79.9. The molecule has 0 aromatic heterocycles. The summed E-state index contributed by atoms with van der Waals surface area (Å²) in [5.41, 5.74) is 0.0994. The van der Waals surface area contributed by atoms with Crippen LogP contribution in [-0.2, 0) is 0 Å². The van der Waals surface area contributed by atoms with Gasteiger partial charge in [0.1, 0.15) is 5.82 Å². The summed E-state index contributed by atoms with van der Waals surface area (Å²) in [5, 5.41) is 2.79. The Hall–Kier alpha value is -0.900. The van der Waals surface area contributed by atoms with Crippen LogP contribution in [0, 0.1) is 17.7 Å². The van der Waals surface area contributed by atoms with Gasteiger partial charge in [0, 0.05) is 6.54 Å². The second kappa shape index (κ2) is 5.17. The molecule has 0 saturated heterocycles. The molecule has 17 heavy (non-hydrogen) atoms. The summed E-state index contributed by atoms with van der Waals surface area (Å²) < 4.78 is 14.0. The Labute approximate surface area is 109 Å². The van der Waals surface area contributed by atoms with Crippen LogP contribution in [0.25, 0.3) is 0 Å². The summed E-state index contributed by atoms with van der Waals surface area (Å²) in [6.07, 6.45) is 2.50. The number of carbonyl (C=O) groups excluding carboxylic acids is 1. The fraction of sp³-hybridized carbons (Fsp3) is 0.462. The molecule has 2 nitrogen and oxygen atoms in total. The highest BCUT2D eigenvalue weighted by molar-refractivity contribution is 9.10. The third kappa shape index (κ3) is 3.06. The van der Waals surface area contributed by atoms with Crippen LogP contribution < -0.4 is 5.32 Å². The average Bonchev–Trinajstić information content (AvgIpc) is 3.13. The molecule has 1 saturated carbocycles. The standard InChI is InChI=1S/C13H15BrFNO/c1-8(9-5-6-9)7-16-13(17)10-3-2-4-11(14)12(10)15/h2-4,8-9H,5-7H2,1H3,(H,16,17). The Morgan fingerprint density at radius 2 is 2.29 bits per heavy atom. The minimum Gasteiger partial charge on any atom is -0.352 e. The van der Waals surface area contributed by atoms with Crippen molar-refractivity contribution >= 4 is 21.8 Å². The Morgan fingerprint density at radius 1 is 1.59 bits per heavy atom. The number of hydrogen-bond acceptors (Lipinski definition) is 1. The molecule has 1 atom stereocenters. The van der Waals surface area contributed by atoms with Gasteiger partial charge in [0.15, 0.2) is 0 Å². The first-order valence-corrected chi connectivity index (χ1v) is 6.61. The molecule has 1 aliphatic carbocycles. The highest BCUT2D eigenvalue weighted by Gasteiger charge is 2.28. The number of benzene rings is 1. The van der Waals surface area contributed by atoms with E-state index in [9.17, 15) is 9.18 Å². The predicted molar refractivity (Wildman–Crippen MR) is 68.3 cm³/mol. The zero-order chi connectivity index (χ0) is 12.4. The van der Waals surface area contributed by atoms with Crippen LogP contribution in [0.4, 0.5) is 4.39 Å². The van der Waals surface area contributed by atoms with Gasteiger partial charge in [0.25, 0.3) is 5.91 Å². The van der Waals surface area contributed by atoms with Crippen LogP contribution in [-0.4, -0.2) is 12.5 Å². The van der Waals surface area contributed by atoms with E-state index in [-0.39, 0.29) is 11.5 Å². The molecule has 1 unspecified atom stereocenters. The number of amides is 1. The molecular formula is C13H15BrFNO. The van der Waals surface area contributed by atoms with Crippen LogP contribution in [0.2, 0.25) is 0 Å². The molecule has 0 spiro atoms. The SMILES string of the molecule is CC(CNC(=O)c1cccc(Br)c1F)C1CC1. The van der Waals surface area contributed by atoms with E-state index in [0.717, 1.165) is 5.92 Å². The zero-order valence-electron chi connectivity index (χ0n) is 9.67. The van der Waals surface area contributed by atoms with E-state index in [2.05, 4.69) is 28.2 Å². The molecule has 4 heteroatoms. The average molecular weight is 300 g/mol. The van der Waals surface area contributed by atoms with Gasteiger partial charge in [-0.1, -0.05) is 13.0 Å². The molecule has 1 aromatic rings. The lowest BCUT2D eigenvalue weighted by molar-refractivity contribution is 0.0942. The smallest absolute Gasteiger partial charge is 0.254 e. The summed E-state index contributed by atoms with van der Waals surface area (Å²) in [6.45, 7) is 2.74. The summed E-state index contributed by atoms with van der Waals surface area (Å²) in [6, 6.07) is 4.74. The van der Waals surface area contributed by atoms with Crippen molar-refractivity contribution in [3.63, 3.8) is 0 Å². The molecule has 1 fully saturated rings. The molecule has 1 aliphatic rings. The number of rotatable bonds is 4. The number of nitrogens with one attached hydrogen (secondary N) is 1. The number of halogens is 2. The van der Waals surface area contributed by atoms with E-state index < -0.39 is 5.82 Å². The van der Waals surface area contributed by atoms with Crippen LogP contribution in [0.3, 0.4) is 0 Å². The van der Waals surface area contributed by atoms with Crippen LogP contribution in [0.1, 0.15) is 30.1 Å². The fourth-order valence-electron chi connectivity index (χ4n) is 1.86.